The molecule has 1 saturated heterocycles. The Bertz CT molecular complexity index is 766. The molecule has 0 bridgehead atoms. The van der Waals surface area contributed by atoms with Crippen LogP contribution in [0.3, 0.4) is 0 Å². The second-order valence-corrected chi connectivity index (χ2v) is 8.68. The van der Waals surface area contributed by atoms with Gasteiger partial charge in [0.25, 0.3) is 0 Å². The Morgan fingerprint density at radius 3 is 2.55 bits per heavy atom. The normalized spacial score (nSPS) is 15.8. The predicted molar refractivity (Wildman–Crippen MR) is 120 cm³/mol. The summed E-state index contributed by atoms with van der Waals surface area (Å²) >= 11 is 1.97. The highest BCUT2D eigenvalue weighted by Crippen LogP contribution is 2.28. The Kier molecular flexibility index (Phi) is 8.68. The van der Waals surface area contributed by atoms with Crippen LogP contribution in [0.25, 0.3) is 0 Å². The van der Waals surface area contributed by atoms with Gasteiger partial charge in [0.2, 0.25) is 0 Å². The lowest BCUT2D eigenvalue weighted by molar-refractivity contribution is 0.0705. The first-order valence-corrected chi connectivity index (χ1v) is 11.3. The molecule has 1 fully saturated rings. The monoisotopic (exact) mass is 416 g/mol. The Morgan fingerprint density at radius 1 is 1.07 bits per heavy atom. The number of nitrogens with one attached hydrogen (secondary N) is 1. The maximum Gasteiger partial charge on any atom is 0.161 e. The van der Waals surface area contributed by atoms with Crippen LogP contribution >= 0.6 is 11.8 Å². The van der Waals surface area contributed by atoms with E-state index in [4.69, 9.17) is 9.47 Å². The van der Waals surface area contributed by atoms with Crippen molar-refractivity contribution in [3.63, 3.8) is 0 Å². The number of β-amino-alcohol motifs (C(OH)–C–C–N with tert-alkyl or cyclic N) is 1. The second-order valence-electron chi connectivity index (χ2n) is 7.46. The van der Waals surface area contributed by atoms with Crippen molar-refractivity contribution in [2.45, 2.75) is 26.1 Å². The number of methoxy groups -OCH3 is 1. The summed E-state index contributed by atoms with van der Waals surface area (Å²) in [5.74, 6) is 3.64. The maximum absolute atomic E-state index is 10.3. The highest BCUT2D eigenvalue weighted by atomic mass is 32.2. The van der Waals surface area contributed by atoms with Gasteiger partial charge < -0.3 is 19.9 Å². The average molecular weight is 417 g/mol. The quantitative estimate of drug-likeness (QED) is 0.621. The van der Waals surface area contributed by atoms with Crippen LogP contribution in [0, 0.1) is 6.92 Å². The molecule has 0 spiro atoms. The number of aliphatic hydroxyl groups is 1. The van der Waals surface area contributed by atoms with Crippen LogP contribution in [-0.2, 0) is 13.1 Å². The molecular weight excluding hydrogens is 384 g/mol. The molecule has 1 aliphatic heterocycles. The number of aliphatic hydroxyl groups excluding tert-OH is 1. The van der Waals surface area contributed by atoms with Gasteiger partial charge in [0.05, 0.1) is 7.11 Å². The van der Waals surface area contributed by atoms with E-state index in [1.807, 2.05) is 30.0 Å². The lowest BCUT2D eigenvalue weighted by Gasteiger charge is -2.28. The number of rotatable bonds is 10. The second kappa shape index (κ2) is 11.5. The molecule has 5 nitrogen and oxygen atoms in total. The minimum atomic E-state index is -0.501. The van der Waals surface area contributed by atoms with Crippen molar-refractivity contribution < 1.29 is 14.6 Å². The Morgan fingerprint density at radius 2 is 1.83 bits per heavy atom. The molecule has 1 aliphatic rings. The summed E-state index contributed by atoms with van der Waals surface area (Å²) in [4.78, 5) is 2.30. The molecule has 0 unspecified atom stereocenters. The van der Waals surface area contributed by atoms with Crippen LogP contribution in [0.2, 0.25) is 0 Å². The summed E-state index contributed by atoms with van der Waals surface area (Å²) in [7, 11) is 1.65. The van der Waals surface area contributed by atoms with Crippen molar-refractivity contribution in [2.75, 3.05) is 44.9 Å². The third kappa shape index (κ3) is 7.23. The van der Waals surface area contributed by atoms with Crippen LogP contribution in [0.4, 0.5) is 0 Å². The van der Waals surface area contributed by atoms with Gasteiger partial charge >= 0.3 is 0 Å². The number of aryl methyl sites for hydroxylation is 1. The standard InChI is InChI=1S/C23H32N2O3S/c1-18-4-3-5-19(12-18)14-24-15-20-6-7-22(23(13-20)27-2)28-17-21(26)16-25-8-10-29-11-9-25/h3-7,12-13,21,24,26H,8-11,14-17H2,1-2H3/t21-/m1/s1. The molecule has 1 atom stereocenters. The lowest BCUT2D eigenvalue weighted by atomic mass is 10.1. The Labute approximate surface area is 178 Å². The Hall–Kier alpha value is -1.73. The van der Waals surface area contributed by atoms with Crippen molar-refractivity contribution in [3.05, 3.63) is 59.2 Å². The molecular formula is C23H32N2O3S. The molecule has 0 amide bonds. The molecule has 3 rings (SSSR count). The summed E-state index contributed by atoms with van der Waals surface area (Å²) in [6, 6.07) is 14.5. The number of nitrogens with zero attached hydrogens (tertiary/aromatic N) is 1. The van der Waals surface area contributed by atoms with Crippen LogP contribution in [0.1, 0.15) is 16.7 Å². The molecule has 158 valence electrons. The van der Waals surface area contributed by atoms with E-state index >= 15 is 0 Å². The number of benzene rings is 2. The van der Waals surface area contributed by atoms with Gasteiger partial charge in [-0.2, -0.15) is 11.8 Å². The summed E-state index contributed by atoms with van der Waals surface area (Å²) in [5, 5.41) is 13.8. The van der Waals surface area contributed by atoms with Gasteiger partial charge in [-0.1, -0.05) is 35.9 Å². The van der Waals surface area contributed by atoms with E-state index < -0.39 is 6.10 Å². The van der Waals surface area contributed by atoms with Gasteiger partial charge in [0.1, 0.15) is 12.7 Å². The van der Waals surface area contributed by atoms with E-state index in [1.54, 1.807) is 7.11 Å². The van der Waals surface area contributed by atoms with E-state index in [-0.39, 0.29) is 6.61 Å². The summed E-state index contributed by atoms with van der Waals surface area (Å²) in [6.45, 7) is 6.68. The molecule has 2 N–H and O–H groups in total. The van der Waals surface area contributed by atoms with Crippen LogP contribution in [0.5, 0.6) is 11.5 Å². The average Bonchev–Trinajstić information content (AvgIpc) is 2.73. The third-order valence-electron chi connectivity index (χ3n) is 4.97. The maximum atomic E-state index is 10.3. The molecule has 0 aliphatic carbocycles. The zero-order chi connectivity index (χ0) is 20.5. The van der Waals surface area contributed by atoms with E-state index in [1.165, 1.54) is 11.1 Å². The lowest BCUT2D eigenvalue weighted by Crippen LogP contribution is -2.40. The predicted octanol–water partition coefficient (Wildman–Crippen LogP) is 3.08. The molecule has 0 saturated carbocycles. The largest absolute Gasteiger partial charge is 0.493 e. The van der Waals surface area contributed by atoms with Crippen molar-refractivity contribution >= 4 is 11.8 Å². The highest BCUT2D eigenvalue weighted by molar-refractivity contribution is 7.99. The van der Waals surface area contributed by atoms with Crippen LogP contribution in [0.15, 0.2) is 42.5 Å². The number of hydrogen-bond acceptors (Lipinski definition) is 6. The van der Waals surface area contributed by atoms with Crippen LogP contribution in [-0.4, -0.2) is 61.0 Å². The first-order valence-electron chi connectivity index (χ1n) is 10.2. The zero-order valence-electron chi connectivity index (χ0n) is 17.4. The smallest absolute Gasteiger partial charge is 0.161 e. The fourth-order valence-corrected chi connectivity index (χ4v) is 4.41. The molecule has 6 heteroatoms. The molecule has 29 heavy (non-hydrogen) atoms. The van der Waals surface area contributed by atoms with Crippen molar-refractivity contribution in [1.29, 1.82) is 0 Å². The fraction of sp³-hybridized carbons (Fsp3) is 0.478. The molecule has 2 aromatic carbocycles. The SMILES string of the molecule is COc1cc(CNCc2cccc(C)c2)ccc1OC[C@H](O)CN1CCSCC1. The van der Waals surface area contributed by atoms with Crippen LogP contribution < -0.4 is 14.8 Å². The fourth-order valence-electron chi connectivity index (χ4n) is 3.43. The zero-order valence-corrected chi connectivity index (χ0v) is 18.2. The van der Waals surface area contributed by atoms with Gasteiger partial charge in [-0.05, 0) is 30.2 Å². The van der Waals surface area contributed by atoms with Crippen molar-refractivity contribution in [1.82, 2.24) is 10.2 Å². The van der Waals surface area contributed by atoms with Gasteiger partial charge in [0, 0.05) is 44.2 Å². The Balaban J connectivity index is 1.47. The van der Waals surface area contributed by atoms with Gasteiger partial charge in [-0.3, -0.25) is 4.90 Å². The van der Waals surface area contributed by atoms with Gasteiger partial charge in [-0.25, -0.2) is 0 Å². The molecule has 2 aromatic rings. The first kappa shape index (κ1) is 22.0. The topological polar surface area (TPSA) is 54.0 Å². The van der Waals surface area contributed by atoms with Gasteiger partial charge in [-0.15, -0.1) is 0 Å². The number of ether oxygens (including phenoxy) is 2. The number of hydrogen-bond donors (Lipinski definition) is 2. The summed E-state index contributed by atoms with van der Waals surface area (Å²) < 4.78 is 11.3. The summed E-state index contributed by atoms with van der Waals surface area (Å²) in [5.41, 5.74) is 3.68. The van der Waals surface area contributed by atoms with Gasteiger partial charge in [0.15, 0.2) is 11.5 Å². The third-order valence-corrected chi connectivity index (χ3v) is 5.92. The van der Waals surface area contributed by atoms with E-state index in [9.17, 15) is 5.11 Å². The summed E-state index contributed by atoms with van der Waals surface area (Å²) in [6.07, 6.45) is -0.501. The van der Waals surface area contributed by atoms with Crippen molar-refractivity contribution in [3.8, 4) is 11.5 Å². The van der Waals surface area contributed by atoms with E-state index in [0.29, 0.717) is 18.0 Å². The molecule has 1 heterocycles. The molecule has 0 aromatic heterocycles. The van der Waals surface area contributed by atoms with E-state index in [0.717, 1.165) is 43.2 Å². The first-order chi connectivity index (χ1) is 14.1. The number of thioether (sulfide) groups is 1. The highest BCUT2D eigenvalue weighted by Gasteiger charge is 2.16. The van der Waals surface area contributed by atoms with E-state index in [2.05, 4.69) is 41.4 Å². The van der Waals surface area contributed by atoms with Crippen molar-refractivity contribution in [2.24, 2.45) is 0 Å². The molecule has 0 radical (unpaired) electrons. The minimum absolute atomic E-state index is 0.269. The minimum Gasteiger partial charge on any atom is -0.493 e.